The molecule has 0 saturated heterocycles. The van der Waals surface area contributed by atoms with Crippen LogP contribution < -0.4 is 0 Å². The van der Waals surface area contributed by atoms with Gasteiger partial charge in [-0.05, 0) is 11.8 Å². The zero-order valence-electron chi connectivity index (χ0n) is 4.57. The van der Waals surface area contributed by atoms with Crippen molar-refractivity contribution < 1.29 is 4.52 Å². The molecule has 0 radical (unpaired) electrons. The second-order valence-electron chi connectivity index (χ2n) is 1.37. The van der Waals surface area contributed by atoms with Crippen molar-refractivity contribution in [1.29, 1.82) is 5.26 Å². The molecular formula is C5H4N2OS. The van der Waals surface area contributed by atoms with Gasteiger partial charge in [0.1, 0.15) is 11.7 Å². The van der Waals surface area contributed by atoms with Crippen molar-refractivity contribution in [2.45, 2.75) is 5.75 Å². The van der Waals surface area contributed by atoms with Crippen LogP contribution in [0.1, 0.15) is 5.69 Å². The van der Waals surface area contributed by atoms with Gasteiger partial charge in [-0.15, -0.1) is 0 Å². The van der Waals surface area contributed by atoms with E-state index in [1.54, 1.807) is 6.07 Å². The Bertz CT molecular complexity index is 201. The highest BCUT2D eigenvalue weighted by molar-refractivity contribution is 8.02. The van der Waals surface area contributed by atoms with Crippen molar-refractivity contribution in [3.63, 3.8) is 0 Å². The minimum atomic E-state index is 0.604. The summed E-state index contributed by atoms with van der Waals surface area (Å²) >= 11 is 1.15. The zero-order chi connectivity index (χ0) is 6.53. The fourth-order valence-corrected chi connectivity index (χ4v) is 0.780. The van der Waals surface area contributed by atoms with Gasteiger partial charge in [-0.3, -0.25) is 0 Å². The average molecular weight is 140 g/mol. The lowest BCUT2D eigenvalue weighted by molar-refractivity contribution is 0.414. The molecule has 0 aliphatic rings. The minimum absolute atomic E-state index is 0.604. The van der Waals surface area contributed by atoms with Crippen LogP contribution in [-0.4, -0.2) is 5.16 Å². The van der Waals surface area contributed by atoms with Gasteiger partial charge in [-0.1, -0.05) is 5.16 Å². The van der Waals surface area contributed by atoms with Gasteiger partial charge in [-0.2, -0.15) is 5.26 Å². The predicted octanol–water partition coefficient (Wildman–Crippen LogP) is 1.39. The summed E-state index contributed by atoms with van der Waals surface area (Å²) in [6, 6.07) is 1.74. The third-order valence-electron chi connectivity index (χ3n) is 0.776. The van der Waals surface area contributed by atoms with E-state index in [4.69, 9.17) is 5.26 Å². The molecule has 1 aromatic heterocycles. The lowest BCUT2D eigenvalue weighted by Crippen LogP contribution is -1.74. The predicted molar refractivity (Wildman–Crippen MR) is 33.4 cm³/mol. The molecule has 1 aromatic rings. The second-order valence-corrected chi connectivity index (χ2v) is 2.13. The molecule has 0 aliphatic heterocycles. The molecular weight excluding hydrogens is 136 g/mol. The first-order valence-corrected chi connectivity index (χ1v) is 3.32. The highest BCUT2D eigenvalue weighted by Gasteiger charge is 1.93. The SMILES string of the molecule is N#CSCc1ccon1. The lowest BCUT2D eigenvalue weighted by atomic mass is 10.5. The van der Waals surface area contributed by atoms with Crippen molar-refractivity contribution >= 4 is 11.8 Å². The largest absolute Gasteiger partial charge is 0.364 e. The quantitative estimate of drug-likeness (QED) is 0.582. The molecule has 0 fully saturated rings. The molecule has 9 heavy (non-hydrogen) atoms. The third kappa shape index (κ3) is 1.78. The van der Waals surface area contributed by atoms with E-state index < -0.39 is 0 Å². The van der Waals surface area contributed by atoms with E-state index in [0.29, 0.717) is 5.75 Å². The molecule has 4 heteroatoms. The molecule has 0 aromatic carbocycles. The second kappa shape index (κ2) is 3.15. The highest BCUT2D eigenvalue weighted by atomic mass is 32.2. The minimum Gasteiger partial charge on any atom is -0.364 e. The van der Waals surface area contributed by atoms with Gasteiger partial charge in [0.2, 0.25) is 0 Å². The van der Waals surface area contributed by atoms with Crippen molar-refractivity contribution in [3.05, 3.63) is 18.0 Å². The molecule has 0 N–H and O–H groups in total. The molecule has 0 aliphatic carbocycles. The first kappa shape index (κ1) is 6.17. The highest BCUT2D eigenvalue weighted by Crippen LogP contribution is 2.06. The fourth-order valence-electron chi connectivity index (χ4n) is 0.418. The number of nitrogens with zero attached hydrogens (tertiary/aromatic N) is 2. The standard InChI is InChI=1S/C5H4N2OS/c6-4-9-3-5-1-2-8-7-5/h1-2H,3H2. The average Bonchev–Trinajstić information content (AvgIpc) is 2.34. The van der Waals surface area contributed by atoms with E-state index in [9.17, 15) is 0 Å². The molecule has 0 saturated carbocycles. The molecule has 0 spiro atoms. The Hall–Kier alpha value is -0.950. The number of rotatable bonds is 2. The maximum Gasteiger partial charge on any atom is 0.133 e. The van der Waals surface area contributed by atoms with E-state index in [2.05, 4.69) is 9.68 Å². The van der Waals surface area contributed by atoms with Gasteiger partial charge in [0.25, 0.3) is 0 Å². The van der Waals surface area contributed by atoms with Crippen LogP contribution in [0.25, 0.3) is 0 Å². The summed E-state index contributed by atoms with van der Waals surface area (Å²) in [7, 11) is 0. The third-order valence-corrected chi connectivity index (χ3v) is 1.35. The molecule has 3 nitrogen and oxygen atoms in total. The Morgan fingerprint density at radius 3 is 3.33 bits per heavy atom. The van der Waals surface area contributed by atoms with Crippen LogP contribution >= 0.6 is 11.8 Å². The monoisotopic (exact) mass is 140 g/mol. The van der Waals surface area contributed by atoms with Crippen molar-refractivity contribution in [2.24, 2.45) is 0 Å². The van der Waals surface area contributed by atoms with E-state index in [0.717, 1.165) is 17.5 Å². The first-order chi connectivity index (χ1) is 4.43. The van der Waals surface area contributed by atoms with Crippen LogP contribution in [0.4, 0.5) is 0 Å². The van der Waals surface area contributed by atoms with Crippen LogP contribution in [0.5, 0.6) is 0 Å². The van der Waals surface area contributed by atoms with Crippen LogP contribution in [0.2, 0.25) is 0 Å². The van der Waals surface area contributed by atoms with Gasteiger partial charge in [0, 0.05) is 6.07 Å². The van der Waals surface area contributed by atoms with Gasteiger partial charge < -0.3 is 4.52 Å². The first-order valence-electron chi connectivity index (χ1n) is 2.33. The normalized spacial score (nSPS) is 8.78. The fraction of sp³-hybridized carbons (Fsp3) is 0.200. The van der Waals surface area contributed by atoms with E-state index in [1.807, 2.05) is 5.40 Å². The number of thioether (sulfide) groups is 1. The maximum atomic E-state index is 8.12. The summed E-state index contributed by atoms with van der Waals surface area (Å²) in [4.78, 5) is 0. The van der Waals surface area contributed by atoms with Crippen molar-refractivity contribution in [2.75, 3.05) is 0 Å². The number of hydrogen-bond acceptors (Lipinski definition) is 4. The Labute approximate surface area is 56.6 Å². The zero-order valence-corrected chi connectivity index (χ0v) is 5.39. The topological polar surface area (TPSA) is 49.8 Å². The van der Waals surface area contributed by atoms with Crippen LogP contribution in [0, 0.1) is 10.7 Å². The summed E-state index contributed by atoms with van der Waals surface area (Å²) < 4.78 is 4.54. The molecule has 46 valence electrons. The van der Waals surface area contributed by atoms with Gasteiger partial charge >= 0.3 is 0 Å². The lowest BCUT2D eigenvalue weighted by Gasteiger charge is -1.80. The Morgan fingerprint density at radius 2 is 2.78 bits per heavy atom. The Morgan fingerprint density at radius 1 is 1.89 bits per heavy atom. The molecule has 1 heterocycles. The van der Waals surface area contributed by atoms with E-state index in [-0.39, 0.29) is 0 Å². The molecule has 0 amide bonds. The molecule has 0 bridgehead atoms. The molecule has 0 unspecified atom stereocenters. The van der Waals surface area contributed by atoms with Crippen LogP contribution in [0.15, 0.2) is 16.9 Å². The smallest absolute Gasteiger partial charge is 0.133 e. The molecule has 0 atom stereocenters. The summed E-state index contributed by atoms with van der Waals surface area (Å²) in [5.41, 5.74) is 0.807. The van der Waals surface area contributed by atoms with Gasteiger partial charge in [-0.25, -0.2) is 0 Å². The van der Waals surface area contributed by atoms with Crippen molar-refractivity contribution in [3.8, 4) is 5.40 Å². The summed E-state index contributed by atoms with van der Waals surface area (Å²) in [6.07, 6.45) is 1.49. The number of hydrogen-bond donors (Lipinski definition) is 0. The van der Waals surface area contributed by atoms with Crippen LogP contribution in [-0.2, 0) is 5.75 Å². The number of nitriles is 1. The van der Waals surface area contributed by atoms with Gasteiger partial charge in [0.05, 0.1) is 11.4 Å². The van der Waals surface area contributed by atoms with Gasteiger partial charge in [0.15, 0.2) is 0 Å². The Balaban J connectivity index is 2.41. The summed E-state index contributed by atoms with van der Waals surface area (Å²) in [5, 5.41) is 13.7. The summed E-state index contributed by atoms with van der Waals surface area (Å²) in [5.74, 6) is 0.604. The molecule has 1 rings (SSSR count). The van der Waals surface area contributed by atoms with Crippen molar-refractivity contribution in [1.82, 2.24) is 5.16 Å². The maximum absolute atomic E-state index is 8.12. The van der Waals surface area contributed by atoms with Crippen LogP contribution in [0.3, 0.4) is 0 Å². The number of aromatic nitrogens is 1. The Kier molecular flexibility index (Phi) is 2.16. The summed E-state index contributed by atoms with van der Waals surface area (Å²) in [6.45, 7) is 0. The van der Waals surface area contributed by atoms with E-state index in [1.165, 1.54) is 6.26 Å². The number of thiocyanates is 1. The van der Waals surface area contributed by atoms with E-state index >= 15 is 0 Å².